The molecule has 1 aliphatic carbocycles. The number of carboxylic acids is 1. The first-order valence-corrected chi connectivity index (χ1v) is 7.78. The van der Waals surface area contributed by atoms with Crippen LogP contribution in [0, 0.1) is 5.41 Å². The molecule has 0 spiro atoms. The van der Waals surface area contributed by atoms with E-state index in [1.807, 2.05) is 0 Å². The van der Waals surface area contributed by atoms with E-state index in [1.165, 1.54) is 0 Å². The van der Waals surface area contributed by atoms with Crippen LogP contribution in [0.15, 0.2) is 0 Å². The average Bonchev–Trinajstić information content (AvgIpc) is 2.68. The number of carbonyl (C=O) groups excluding carboxylic acids is 1. The van der Waals surface area contributed by atoms with Crippen molar-refractivity contribution in [3.05, 3.63) is 0 Å². The summed E-state index contributed by atoms with van der Waals surface area (Å²) in [5, 5.41) is 12.3. The van der Waals surface area contributed by atoms with Crippen molar-refractivity contribution < 1.29 is 14.7 Å². The van der Waals surface area contributed by atoms with Gasteiger partial charge in [-0.15, -0.1) is 0 Å². The van der Waals surface area contributed by atoms with Crippen LogP contribution in [0.2, 0.25) is 0 Å². The van der Waals surface area contributed by atoms with Crippen LogP contribution in [0.3, 0.4) is 0 Å². The molecule has 5 heteroatoms. The van der Waals surface area contributed by atoms with Crippen molar-refractivity contribution in [2.45, 2.75) is 70.8 Å². The maximum absolute atomic E-state index is 11.9. The largest absolute Gasteiger partial charge is 0.481 e. The minimum atomic E-state index is -0.795. The van der Waals surface area contributed by atoms with E-state index in [2.05, 4.69) is 12.2 Å². The number of rotatable bonds is 7. The lowest BCUT2D eigenvalue weighted by molar-refractivity contribution is -0.149. The quantitative estimate of drug-likeness (QED) is 0.624. The minimum Gasteiger partial charge on any atom is -0.481 e. The van der Waals surface area contributed by atoms with Gasteiger partial charge in [-0.25, -0.2) is 0 Å². The van der Waals surface area contributed by atoms with Gasteiger partial charge in [0.05, 0.1) is 11.5 Å². The van der Waals surface area contributed by atoms with E-state index in [0.29, 0.717) is 19.3 Å². The number of nitrogens with one attached hydrogen (secondary N) is 1. The van der Waals surface area contributed by atoms with E-state index in [-0.39, 0.29) is 12.5 Å². The Bertz CT molecular complexity index is 323. The molecule has 1 aliphatic rings. The second-order valence-electron chi connectivity index (χ2n) is 5.97. The normalized spacial score (nSPS) is 19.9. The maximum atomic E-state index is 11.9. The summed E-state index contributed by atoms with van der Waals surface area (Å²) >= 11 is 0. The molecule has 5 nitrogen and oxygen atoms in total. The zero-order chi connectivity index (χ0) is 15.0. The number of hydrogen-bond donors (Lipinski definition) is 3. The Hall–Kier alpha value is -1.10. The Balaban J connectivity index is 2.54. The van der Waals surface area contributed by atoms with Gasteiger partial charge in [0, 0.05) is 6.54 Å². The van der Waals surface area contributed by atoms with Crippen molar-refractivity contribution in [3.63, 3.8) is 0 Å². The van der Waals surface area contributed by atoms with Gasteiger partial charge < -0.3 is 16.2 Å². The molecular weight excluding hydrogens is 256 g/mol. The van der Waals surface area contributed by atoms with Crippen molar-refractivity contribution in [2.75, 3.05) is 6.54 Å². The molecule has 20 heavy (non-hydrogen) atoms. The minimum absolute atomic E-state index is 0.209. The van der Waals surface area contributed by atoms with Crippen molar-refractivity contribution in [2.24, 2.45) is 11.1 Å². The van der Waals surface area contributed by atoms with E-state index in [4.69, 9.17) is 5.73 Å². The van der Waals surface area contributed by atoms with Crippen LogP contribution in [-0.2, 0) is 9.59 Å². The summed E-state index contributed by atoms with van der Waals surface area (Å²) in [5.74, 6) is -1.01. The smallest absolute Gasteiger partial charge is 0.311 e. The molecule has 0 aromatic heterocycles. The van der Waals surface area contributed by atoms with Crippen molar-refractivity contribution in [1.29, 1.82) is 0 Å². The number of nitrogens with two attached hydrogens (primary N) is 1. The molecule has 1 saturated carbocycles. The summed E-state index contributed by atoms with van der Waals surface area (Å²) in [4.78, 5) is 23.5. The number of carbonyl (C=O) groups is 2. The molecule has 0 heterocycles. The first-order chi connectivity index (χ1) is 9.52. The highest BCUT2D eigenvalue weighted by Crippen LogP contribution is 2.34. The molecule has 1 rings (SSSR count). The zero-order valence-corrected chi connectivity index (χ0v) is 12.5. The fourth-order valence-corrected chi connectivity index (χ4v) is 2.81. The second-order valence-corrected chi connectivity index (χ2v) is 5.97. The predicted octanol–water partition coefficient (Wildman–Crippen LogP) is 2.05. The molecule has 1 amide bonds. The standard InChI is InChI=1S/C15H28N2O3/c1-2-3-8-12(16)13(18)17-11-15(14(19)20)9-6-4-5-7-10-15/h12H,2-11,16H2,1H3,(H,17,18)(H,19,20). The van der Waals surface area contributed by atoms with Crippen LogP contribution >= 0.6 is 0 Å². The van der Waals surface area contributed by atoms with Gasteiger partial charge in [-0.05, 0) is 19.3 Å². The number of carboxylic acid groups (broad SMARTS) is 1. The van der Waals surface area contributed by atoms with Crippen LogP contribution in [-0.4, -0.2) is 29.6 Å². The molecule has 0 bridgehead atoms. The maximum Gasteiger partial charge on any atom is 0.311 e. The Morgan fingerprint density at radius 1 is 1.25 bits per heavy atom. The lowest BCUT2D eigenvalue weighted by atomic mass is 9.80. The van der Waals surface area contributed by atoms with E-state index >= 15 is 0 Å². The van der Waals surface area contributed by atoms with Gasteiger partial charge in [0.25, 0.3) is 0 Å². The van der Waals surface area contributed by atoms with Gasteiger partial charge in [0.1, 0.15) is 0 Å². The Morgan fingerprint density at radius 2 is 1.85 bits per heavy atom. The first kappa shape index (κ1) is 17.0. The summed E-state index contributed by atoms with van der Waals surface area (Å²) < 4.78 is 0. The molecular formula is C15H28N2O3. The van der Waals surface area contributed by atoms with Crippen molar-refractivity contribution >= 4 is 11.9 Å². The third kappa shape index (κ3) is 4.78. The highest BCUT2D eigenvalue weighted by Gasteiger charge is 2.39. The molecule has 1 fully saturated rings. The first-order valence-electron chi connectivity index (χ1n) is 7.78. The average molecular weight is 284 g/mol. The van der Waals surface area contributed by atoms with Gasteiger partial charge in [-0.3, -0.25) is 9.59 Å². The molecule has 4 N–H and O–H groups in total. The van der Waals surface area contributed by atoms with Crippen LogP contribution in [0.1, 0.15) is 64.7 Å². The highest BCUT2D eigenvalue weighted by molar-refractivity contribution is 5.82. The summed E-state index contributed by atoms with van der Waals surface area (Å²) in [6.45, 7) is 2.26. The molecule has 0 aliphatic heterocycles. The highest BCUT2D eigenvalue weighted by atomic mass is 16.4. The van der Waals surface area contributed by atoms with E-state index in [0.717, 1.165) is 38.5 Å². The fraction of sp³-hybridized carbons (Fsp3) is 0.867. The zero-order valence-electron chi connectivity index (χ0n) is 12.5. The van der Waals surface area contributed by atoms with Crippen LogP contribution in [0.4, 0.5) is 0 Å². The van der Waals surface area contributed by atoms with E-state index in [9.17, 15) is 14.7 Å². The third-order valence-corrected chi connectivity index (χ3v) is 4.32. The second kappa shape index (κ2) is 8.25. The molecule has 0 aromatic rings. The topological polar surface area (TPSA) is 92.4 Å². The summed E-state index contributed by atoms with van der Waals surface area (Å²) in [6, 6.07) is -0.522. The van der Waals surface area contributed by atoms with Gasteiger partial charge in [0.15, 0.2) is 0 Å². The lowest BCUT2D eigenvalue weighted by Crippen LogP contribution is -2.48. The van der Waals surface area contributed by atoms with Crippen molar-refractivity contribution in [3.8, 4) is 0 Å². The van der Waals surface area contributed by atoms with Gasteiger partial charge >= 0.3 is 5.97 Å². The third-order valence-electron chi connectivity index (χ3n) is 4.32. The van der Waals surface area contributed by atoms with E-state index < -0.39 is 17.4 Å². The number of aliphatic carboxylic acids is 1. The molecule has 0 aromatic carbocycles. The van der Waals surface area contributed by atoms with Crippen LogP contribution in [0.25, 0.3) is 0 Å². The van der Waals surface area contributed by atoms with Gasteiger partial charge in [-0.1, -0.05) is 45.4 Å². The van der Waals surface area contributed by atoms with Crippen LogP contribution < -0.4 is 11.1 Å². The summed E-state index contributed by atoms with van der Waals surface area (Å²) in [6.07, 6.45) is 7.87. The van der Waals surface area contributed by atoms with Crippen molar-refractivity contribution in [1.82, 2.24) is 5.32 Å². The monoisotopic (exact) mass is 284 g/mol. The Kier molecular flexibility index (Phi) is 6.99. The fourth-order valence-electron chi connectivity index (χ4n) is 2.81. The van der Waals surface area contributed by atoms with E-state index in [1.54, 1.807) is 0 Å². The molecule has 116 valence electrons. The summed E-state index contributed by atoms with van der Waals surface area (Å²) in [5.41, 5.74) is 5.01. The number of amides is 1. The lowest BCUT2D eigenvalue weighted by Gasteiger charge is -2.28. The van der Waals surface area contributed by atoms with Gasteiger partial charge in [0.2, 0.25) is 5.91 Å². The number of hydrogen-bond acceptors (Lipinski definition) is 3. The van der Waals surface area contributed by atoms with Crippen LogP contribution in [0.5, 0.6) is 0 Å². The van der Waals surface area contributed by atoms with Gasteiger partial charge in [-0.2, -0.15) is 0 Å². The molecule has 1 unspecified atom stereocenters. The Labute approximate surface area is 121 Å². The SMILES string of the molecule is CCCCC(N)C(=O)NCC1(C(=O)O)CCCCCC1. The molecule has 0 saturated heterocycles. The number of unbranched alkanes of at least 4 members (excludes halogenated alkanes) is 1. The summed E-state index contributed by atoms with van der Waals surface area (Å²) in [7, 11) is 0. The molecule has 1 atom stereocenters. The Morgan fingerprint density at radius 3 is 2.35 bits per heavy atom. The molecule has 0 radical (unpaired) electrons. The predicted molar refractivity (Wildman–Crippen MR) is 78.3 cm³/mol.